The SMILES string of the molecule is C#Cc1cccc(C(=O)N[C@@H](CO)Cc2c[nH]c3ccccc23)c1OCCC.c1cc2cc-2c1. The maximum absolute atomic E-state index is 12.9. The van der Waals surface area contributed by atoms with Gasteiger partial charge < -0.3 is 20.1 Å². The highest BCUT2D eigenvalue weighted by atomic mass is 16.5. The van der Waals surface area contributed by atoms with Crippen molar-refractivity contribution in [2.45, 2.75) is 25.8 Å². The van der Waals surface area contributed by atoms with Gasteiger partial charge in [-0.15, -0.1) is 6.42 Å². The lowest BCUT2D eigenvalue weighted by molar-refractivity contribution is 0.0912. The Bertz CT molecular complexity index is 1320. The molecule has 1 heterocycles. The van der Waals surface area contributed by atoms with E-state index in [4.69, 9.17) is 11.2 Å². The van der Waals surface area contributed by atoms with E-state index in [1.165, 1.54) is 11.1 Å². The van der Waals surface area contributed by atoms with E-state index in [0.29, 0.717) is 29.9 Å². The third-order valence-corrected chi connectivity index (χ3v) is 5.68. The normalized spacial score (nSPS) is 11.7. The number of para-hydroxylation sites is 2. The van der Waals surface area contributed by atoms with Gasteiger partial charge in [-0.1, -0.05) is 55.3 Å². The average molecular weight is 453 g/mol. The molecule has 1 atom stereocenters. The Labute approximate surface area is 199 Å². The van der Waals surface area contributed by atoms with Crippen LogP contribution in [0.2, 0.25) is 0 Å². The molecule has 3 N–H and O–H groups in total. The summed E-state index contributed by atoms with van der Waals surface area (Å²) in [5, 5.41) is 13.8. The molecule has 5 heteroatoms. The van der Waals surface area contributed by atoms with E-state index in [2.05, 4.69) is 40.5 Å². The Morgan fingerprint density at radius 3 is 2.53 bits per heavy atom. The van der Waals surface area contributed by atoms with Crippen LogP contribution in [0.15, 0.2) is 72.9 Å². The highest BCUT2D eigenvalue weighted by molar-refractivity contribution is 5.98. The molecular formula is C29H28N2O3. The van der Waals surface area contributed by atoms with Crippen LogP contribution in [0.5, 0.6) is 5.75 Å². The highest BCUT2D eigenvalue weighted by Crippen LogP contribution is 2.32. The summed E-state index contributed by atoms with van der Waals surface area (Å²) in [7, 11) is 0. The largest absolute Gasteiger partial charge is 0.491 e. The smallest absolute Gasteiger partial charge is 0.255 e. The van der Waals surface area contributed by atoms with E-state index < -0.39 is 6.04 Å². The summed E-state index contributed by atoms with van der Waals surface area (Å²) < 4.78 is 5.74. The van der Waals surface area contributed by atoms with Crippen molar-refractivity contribution in [3.05, 3.63) is 89.6 Å². The van der Waals surface area contributed by atoms with Crippen LogP contribution >= 0.6 is 0 Å². The second kappa shape index (κ2) is 10.7. The van der Waals surface area contributed by atoms with Crippen molar-refractivity contribution in [1.82, 2.24) is 10.3 Å². The number of benzene rings is 3. The first kappa shape index (κ1) is 23.2. The summed E-state index contributed by atoms with van der Waals surface area (Å²) >= 11 is 0. The third kappa shape index (κ3) is 5.31. The zero-order valence-corrected chi connectivity index (χ0v) is 19.2. The number of aliphatic hydroxyl groups is 1. The molecule has 0 bridgehead atoms. The molecule has 2 aliphatic carbocycles. The summed E-state index contributed by atoms with van der Waals surface area (Å²) in [5.74, 6) is 2.66. The highest BCUT2D eigenvalue weighted by Gasteiger charge is 2.20. The molecule has 5 nitrogen and oxygen atoms in total. The maximum Gasteiger partial charge on any atom is 0.255 e. The number of hydrogen-bond acceptors (Lipinski definition) is 3. The van der Waals surface area contributed by atoms with Gasteiger partial charge in [-0.05, 0) is 53.8 Å². The molecule has 2 aromatic carbocycles. The van der Waals surface area contributed by atoms with Crippen LogP contribution in [0.1, 0.15) is 34.8 Å². The quantitative estimate of drug-likeness (QED) is 0.292. The van der Waals surface area contributed by atoms with Crippen molar-refractivity contribution in [3.8, 4) is 29.2 Å². The summed E-state index contributed by atoms with van der Waals surface area (Å²) in [6.45, 7) is 2.28. The average Bonchev–Trinajstić information content (AvgIpc) is 3.26. The number of terminal acetylenes is 1. The number of aromatic amines is 1. The fourth-order valence-corrected chi connectivity index (χ4v) is 3.86. The molecule has 0 unspecified atom stereocenters. The Morgan fingerprint density at radius 1 is 1.12 bits per heavy atom. The molecule has 0 aliphatic heterocycles. The molecule has 0 saturated heterocycles. The Hall–Kier alpha value is -4.01. The number of rotatable bonds is 8. The Morgan fingerprint density at radius 2 is 1.88 bits per heavy atom. The first-order valence-electron chi connectivity index (χ1n) is 11.4. The van der Waals surface area contributed by atoms with Crippen LogP contribution < -0.4 is 10.1 Å². The van der Waals surface area contributed by atoms with Crippen LogP contribution in [-0.4, -0.2) is 35.3 Å². The van der Waals surface area contributed by atoms with Gasteiger partial charge in [0.25, 0.3) is 5.91 Å². The van der Waals surface area contributed by atoms with Crippen molar-refractivity contribution in [2.75, 3.05) is 13.2 Å². The number of hydrogen-bond donors (Lipinski definition) is 3. The molecule has 34 heavy (non-hydrogen) atoms. The van der Waals surface area contributed by atoms with E-state index in [0.717, 1.165) is 22.9 Å². The molecule has 2 aliphatic rings. The van der Waals surface area contributed by atoms with Gasteiger partial charge in [0, 0.05) is 17.1 Å². The molecule has 1 amide bonds. The van der Waals surface area contributed by atoms with Gasteiger partial charge >= 0.3 is 0 Å². The summed E-state index contributed by atoms with van der Waals surface area (Å²) in [4.78, 5) is 16.1. The van der Waals surface area contributed by atoms with Gasteiger partial charge in [0.05, 0.1) is 30.4 Å². The van der Waals surface area contributed by atoms with Crippen molar-refractivity contribution < 1.29 is 14.6 Å². The third-order valence-electron chi connectivity index (χ3n) is 5.68. The second-order valence-electron chi connectivity index (χ2n) is 8.17. The molecule has 0 fully saturated rings. The molecule has 0 radical (unpaired) electrons. The number of ether oxygens (including phenoxy) is 1. The number of aromatic nitrogens is 1. The van der Waals surface area contributed by atoms with Crippen LogP contribution in [0, 0.1) is 12.3 Å². The van der Waals surface area contributed by atoms with Crippen molar-refractivity contribution in [3.63, 3.8) is 0 Å². The monoisotopic (exact) mass is 452 g/mol. The van der Waals surface area contributed by atoms with Crippen LogP contribution in [0.4, 0.5) is 0 Å². The van der Waals surface area contributed by atoms with E-state index in [-0.39, 0.29) is 12.5 Å². The van der Waals surface area contributed by atoms with Crippen molar-refractivity contribution in [2.24, 2.45) is 0 Å². The van der Waals surface area contributed by atoms with Gasteiger partial charge in [0.15, 0.2) is 0 Å². The van der Waals surface area contributed by atoms with Crippen LogP contribution in [0.25, 0.3) is 22.0 Å². The zero-order chi connectivity index (χ0) is 23.9. The predicted molar refractivity (Wildman–Crippen MR) is 136 cm³/mol. The Balaban J connectivity index is 0.000000388. The van der Waals surface area contributed by atoms with E-state index in [1.54, 1.807) is 18.2 Å². The van der Waals surface area contributed by atoms with Gasteiger partial charge in [0.2, 0.25) is 0 Å². The summed E-state index contributed by atoms with van der Waals surface area (Å²) in [6, 6.07) is 21.2. The lowest BCUT2D eigenvalue weighted by Crippen LogP contribution is -2.39. The second-order valence-corrected chi connectivity index (χ2v) is 8.17. The molecule has 5 rings (SSSR count). The minimum absolute atomic E-state index is 0.175. The number of amides is 1. The predicted octanol–water partition coefficient (Wildman–Crippen LogP) is 4.94. The summed E-state index contributed by atoms with van der Waals surface area (Å²) in [6.07, 6.45) is 8.78. The van der Waals surface area contributed by atoms with Gasteiger partial charge in [-0.25, -0.2) is 0 Å². The number of carbonyl (C=O) groups is 1. The van der Waals surface area contributed by atoms with Gasteiger partial charge in [-0.3, -0.25) is 4.79 Å². The molecule has 0 saturated carbocycles. The van der Waals surface area contributed by atoms with E-state index in [1.807, 2.05) is 37.4 Å². The first-order chi connectivity index (χ1) is 16.6. The fourth-order valence-electron chi connectivity index (χ4n) is 3.86. The maximum atomic E-state index is 12.9. The van der Waals surface area contributed by atoms with Gasteiger partial charge in [-0.2, -0.15) is 0 Å². The number of fused-ring (bicyclic) bond motifs is 2. The number of nitrogens with one attached hydrogen (secondary N) is 2. The topological polar surface area (TPSA) is 74.4 Å². The lowest BCUT2D eigenvalue weighted by Gasteiger charge is -2.18. The molecule has 172 valence electrons. The fraction of sp³-hybridized carbons (Fsp3) is 0.207. The van der Waals surface area contributed by atoms with E-state index in [9.17, 15) is 9.90 Å². The number of aliphatic hydroxyl groups excluding tert-OH is 1. The Kier molecular flexibility index (Phi) is 7.31. The minimum Gasteiger partial charge on any atom is -0.491 e. The molecular weight excluding hydrogens is 424 g/mol. The summed E-state index contributed by atoms with van der Waals surface area (Å²) in [5.41, 5.74) is 5.83. The molecule has 3 aromatic rings. The standard InChI is InChI=1S/C23H24N2O3.C6H4/c1-3-12-28-22-16(4-2)8-7-10-20(22)23(27)25-18(15-26)13-17-14-24-21-11-6-5-9-19(17)21;1-2-5-4-6(5)3-1/h2,5-11,14,18,24,26H,3,12-13,15H2,1H3,(H,25,27);1-4H/t18-;/m1./s1. The van der Waals surface area contributed by atoms with Crippen LogP contribution in [-0.2, 0) is 6.42 Å². The molecule has 1 aromatic heterocycles. The molecule has 0 spiro atoms. The lowest BCUT2D eigenvalue weighted by atomic mass is 10.0. The van der Waals surface area contributed by atoms with Crippen molar-refractivity contribution in [1.29, 1.82) is 0 Å². The zero-order valence-electron chi connectivity index (χ0n) is 19.2. The van der Waals surface area contributed by atoms with Crippen LogP contribution in [0.3, 0.4) is 0 Å². The van der Waals surface area contributed by atoms with Gasteiger partial charge in [0.1, 0.15) is 5.75 Å². The minimum atomic E-state index is -0.430. The number of carbonyl (C=O) groups excluding carboxylic acids is 1. The first-order valence-corrected chi connectivity index (χ1v) is 11.4. The van der Waals surface area contributed by atoms with E-state index >= 15 is 0 Å². The van der Waals surface area contributed by atoms with Crippen molar-refractivity contribution >= 4 is 16.8 Å². The number of H-pyrrole nitrogens is 1.